The van der Waals surface area contributed by atoms with Crippen LogP contribution in [-0.4, -0.2) is 16.1 Å². The van der Waals surface area contributed by atoms with Gasteiger partial charge in [-0.3, -0.25) is 0 Å². The summed E-state index contributed by atoms with van der Waals surface area (Å²) < 4.78 is 11.1. The Balaban J connectivity index is 2.13. The summed E-state index contributed by atoms with van der Waals surface area (Å²) in [5, 5.41) is 9.18. The minimum absolute atomic E-state index is 0.0966. The quantitative estimate of drug-likeness (QED) is 0.931. The van der Waals surface area contributed by atoms with E-state index in [1.807, 2.05) is 27.7 Å². The highest BCUT2D eigenvalue weighted by Crippen LogP contribution is 2.24. The van der Waals surface area contributed by atoms with Crippen LogP contribution in [0, 0.1) is 6.92 Å². The van der Waals surface area contributed by atoms with Crippen molar-refractivity contribution in [3.8, 4) is 5.75 Å². The summed E-state index contributed by atoms with van der Waals surface area (Å²) in [5.41, 5.74) is 0.880. The molecule has 5 nitrogen and oxygen atoms in total. The Labute approximate surface area is 123 Å². The summed E-state index contributed by atoms with van der Waals surface area (Å²) in [5.74, 6) is 0.486. The number of nitrogens with zero attached hydrogens (tertiary/aromatic N) is 1. The number of carboxylic acids is 1. The monoisotopic (exact) mass is 289 g/mol. The molecule has 0 fully saturated rings. The van der Waals surface area contributed by atoms with Crippen molar-refractivity contribution in [3.05, 3.63) is 47.2 Å². The Morgan fingerprint density at radius 2 is 2.10 bits per heavy atom. The molecule has 1 N–H and O–H groups in total. The molecular formula is C16H19NO4. The molecule has 0 spiro atoms. The maximum Gasteiger partial charge on any atom is 0.339 e. The van der Waals surface area contributed by atoms with Crippen LogP contribution in [0.2, 0.25) is 0 Å². The fraction of sp³-hybridized carbons (Fsp3) is 0.375. The Hall–Kier alpha value is -2.30. The predicted molar refractivity (Wildman–Crippen MR) is 77.7 cm³/mol. The van der Waals surface area contributed by atoms with Crippen molar-refractivity contribution in [2.75, 3.05) is 0 Å². The van der Waals surface area contributed by atoms with Crippen LogP contribution in [0.5, 0.6) is 5.75 Å². The zero-order valence-electron chi connectivity index (χ0n) is 12.6. The van der Waals surface area contributed by atoms with Crippen molar-refractivity contribution >= 4 is 5.97 Å². The minimum atomic E-state index is -1.02. The molecule has 112 valence electrons. The predicted octanol–water partition coefficient (Wildman–Crippen LogP) is 3.56. The van der Waals surface area contributed by atoms with Crippen molar-refractivity contribution in [3.63, 3.8) is 0 Å². The number of hydrogen-bond acceptors (Lipinski definition) is 4. The number of carbonyl (C=O) groups is 1. The van der Waals surface area contributed by atoms with Crippen LogP contribution in [0.25, 0.3) is 0 Å². The number of rotatable bonds is 4. The van der Waals surface area contributed by atoms with Gasteiger partial charge in [0.05, 0.1) is 6.20 Å². The van der Waals surface area contributed by atoms with Gasteiger partial charge in [0.15, 0.2) is 6.61 Å². The van der Waals surface area contributed by atoms with Gasteiger partial charge in [-0.15, -0.1) is 0 Å². The van der Waals surface area contributed by atoms with E-state index in [1.54, 1.807) is 24.4 Å². The largest absolute Gasteiger partial charge is 0.483 e. The van der Waals surface area contributed by atoms with Crippen LogP contribution < -0.4 is 4.74 Å². The highest BCUT2D eigenvalue weighted by molar-refractivity contribution is 5.91. The summed E-state index contributed by atoms with van der Waals surface area (Å²) >= 11 is 0. The van der Waals surface area contributed by atoms with Crippen LogP contribution in [0.15, 0.2) is 28.8 Å². The van der Waals surface area contributed by atoms with E-state index >= 15 is 0 Å². The number of aryl methyl sites for hydroxylation is 1. The summed E-state index contributed by atoms with van der Waals surface area (Å²) in [6.07, 6.45) is 1.67. The molecule has 0 unspecified atom stereocenters. The molecule has 0 aliphatic heterocycles. The fourth-order valence-corrected chi connectivity index (χ4v) is 1.80. The summed E-state index contributed by atoms with van der Waals surface area (Å²) in [7, 11) is 0. The van der Waals surface area contributed by atoms with E-state index in [0.29, 0.717) is 11.6 Å². The van der Waals surface area contributed by atoms with Crippen LogP contribution in [0.4, 0.5) is 0 Å². The Morgan fingerprint density at radius 1 is 1.38 bits per heavy atom. The van der Waals surface area contributed by atoms with E-state index < -0.39 is 5.97 Å². The highest BCUT2D eigenvalue weighted by Gasteiger charge is 2.19. The van der Waals surface area contributed by atoms with Crippen LogP contribution in [-0.2, 0) is 12.0 Å². The first-order valence-electron chi connectivity index (χ1n) is 6.69. The van der Waals surface area contributed by atoms with Crippen molar-refractivity contribution in [1.29, 1.82) is 0 Å². The second-order valence-corrected chi connectivity index (χ2v) is 5.96. The molecular weight excluding hydrogens is 270 g/mol. The number of oxazole rings is 1. The molecule has 0 bridgehead atoms. The molecule has 1 heterocycles. The molecule has 1 aromatic carbocycles. The SMILES string of the molecule is Cc1ccc(OCc2ncc(C(C)(C)C)o2)c(C(=O)O)c1. The number of ether oxygens (including phenoxy) is 1. The van der Waals surface area contributed by atoms with Crippen LogP contribution in [0.3, 0.4) is 0 Å². The number of benzene rings is 1. The van der Waals surface area contributed by atoms with Gasteiger partial charge in [0.2, 0.25) is 5.89 Å². The number of carboxylic acid groups (broad SMARTS) is 1. The molecule has 0 aliphatic carbocycles. The molecule has 0 atom stereocenters. The third kappa shape index (κ3) is 3.62. The van der Waals surface area contributed by atoms with Gasteiger partial charge in [-0.2, -0.15) is 0 Å². The van der Waals surface area contributed by atoms with E-state index in [-0.39, 0.29) is 17.6 Å². The van der Waals surface area contributed by atoms with Crippen LogP contribution >= 0.6 is 0 Å². The van der Waals surface area contributed by atoms with E-state index in [0.717, 1.165) is 11.3 Å². The lowest BCUT2D eigenvalue weighted by atomic mass is 9.94. The lowest BCUT2D eigenvalue weighted by Gasteiger charge is -2.13. The molecule has 2 aromatic rings. The second-order valence-electron chi connectivity index (χ2n) is 5.96. The fourth-order valence-electron chi connectivity index (χ4n) is 1.80. The lowest BCUT2D eigenvalue weighted by molar-refractivity contribution is 0.0691. The maximum atomic E-state index is 11.2. The topological polar surface area (TPSA) is 72.6 Å². The second kappa shape index (κ2) is 5.60. The zero-order valence-corrected chi connectivity index (χ0v) is 12.6. The number of aromatic carboxylic acids is 1. The van der Waals surface area contributed by atoms with E-state index in [2.05, 4.69) is 4.98 Å². The lowest BCUT2D eigenvalue weighted by Crippen LogP contribution is -2.09. The first-order valence-corrected chi connectivity index (χ1v) is 6.69. The van der Waals surface area contributed by atoms with Gasteiger partial charge in [0.25, 0.3) is 0 Å². The first-order chi connectivity index (χ1) is 9.77. The molecule has 0 saturated carbocycles. The molecule has 1 aromatic heterocycles. The van der Waals surface area contributed by atoms with E-state index in [9.17, 15) is 9.90 Å². The first kappa shape index (κ1) is 15.1. The average molecular weight is 289 g/mol. The Bertz CT molecular complexity index is 653. The molecule has 0 saturated heterocycles. The number of aromatic nitrogens is 1. The van der Waals surface area contributed by atoms with Gasteiger partial charge in [-0.1, -0.05) is 32.4 Å². The summed E-state index contributed by atoms with van der Waals surface area (Å²) in [4.78, 5) is 15.4. The Kier molecular flexibility index (Phi) is 4.02. The molecule has 5 heteroatoms. The van der Waals surface area contributed by atoms with E-state index in [1.165, 1.54) is 0 Å². The third-order valence-corrected chi connectivity index (χ3v) is 3.01. The van der Waals surface area contributed by atoms with Crippen LogP contribution in [0.1, 0.15) is 48.3 Å². The third-order valence-electron chi connectivity index (χ3n) is 3.01. The Morgan fingerprint density at radius 3 is 2.67 bits per heavy atom. The van der Waals surface area contributed by atoms with Gasteiger partial charge in [-0.05, 0) is 19.1 Å². The van der Waals surface area contributed by atoms with Crippen molar-refractivity contribution in [2.24, 2.45) is 0 Å². The number of hydrogen-bond donors (Lipinski definition) is 1. The maximum absolute atomic E-state index is 11.2. The van der Waals surface area contributed by atoms with Gasteiger partial charge < -0.3 is 14.3 Å². The summed E-state index contributed by atoms with van der Waals surface area (Å²) in [6.45, 7) is 8.02. The van der Waals surface area contributed by atoms with Gasteiger partial charge in [-0.25, -0.2) is 9.78 Å². The highest BCUT2D eigenvalue weighted by atomic mass is 16.5. The normalized spacial score (nSPS) is 11.4. The van der Waals surface area contributed by atoms with Crippen molar-refractivity contribution in [2.45, 2.75) is 39.7 Å². The molecule has 0 aliphatic rings. The molecule has 2 rings (SSSR count). The van der Waals surface area contributed by atoms with E-state index in [4.69, 9.17) is 9.15 Å². The molecule has 0 amide bonds. The standard InChI is InChI=1S/C16H19NO4/c1-10-5-6-12(11(7-10)15(18)19)20-9-14-17-8-13(21-14)16(2,3)4/h5-8H,9H2,1-4H3,(H,18,19). The van der Waals surface area contributed by atoms with Crippen molar-refractivity contribution in [1.82, 2.24) is 4.98 Å². The van der Waals surface area contributed by atoms with Gasteiger partial charge >= 0.3 is 5.97 Å². The van der Waals surface area contributed by atoms with Gasteiger partial charge in [0, 0.05) is 5.41 Å². The van der Waals surface area contributed by atoms with Crippen molar-refractivity contribution < 1.29 is 19.1 Å². The molecule has 0 radical (unpaired) electrons. The molecule has 21 heavy (non-hydrogen) atoms. The minimum Gasteiger partial charge on any atom is -0.483 e. The summed E-state index contributed by atoms with van der Waals surface area (Å²) in [6, 6.07) is 5.03. The smallest absolute Gasteiger partial charge is 0.339 e. The van der Waals surface area contributed by atoms with Gasteiger partial charge in [0.1, 0.15) is 17.1 Å². The zero-order chi connectivity index (χ0) is 15.6. The average Bonchev–Trinajstić information content (AvgIpc) is 2.85.